The van der Waals surface area contributed by atoms with Crippen LogP contribution in [0.4, 0.5) is 5.82 Å². The molecule has 1 aromatic carbocycles. The predicted octanol–water partition coefficient (Wildman–Crippen LogP) is 3.11. The van der Waals surface area contributed by atoms with Crippen LogP contribution in [0.3, 0.4) is 0 Å². The molecule has 0 bridgehead atoms. The number of piperazine rings is 1. The molecule has 1 fully saturated rings. The maximum absolute atomic E-state index is 13.1. The summed E-state index contributed by atoms with van der Waals surface area (Å²) < 4.78 is 6.92. The highest BCUT2D eigenvalue weighted by atomic mass is 35.5. The number of carbonyl (C=O) groups excluding carboxylic acids is 1. The summed E-state index contributed by atoms with van der Waals surface area (Å²) in [6, 6.07) is 8.70. The Bertz CT molecular complexity index is 1250. The van der Waals surface area contributed by atoms with Crippen molar-refractivity contribution >= 4 is 46.4 Å². The number of amides is 1. The van der Waals surface area contributed by atoms with Crippen LogP contribution in [0.1, 0.15) is 16.8 Å². The molecule has 1 amide bonds. The van der Waals surface area contributed by atoms with Gasteiger partial charge in [0, 0.05) is 58.2 Å². The highest BCUT2D eigenvalue weighted by Gasteiger charge is 2.24. The van der Waals surface area contributed by atoms with E-state index in [0.29, 0.717) is 72.0 Å². The minimum atomic E-state index is -0.167. The molecule has 0 atom stereocenters. The number of rotatable bonds is 6. The van der Waals surface area contributed by atoms with Crippen LogP contribution in [0.25, 0.3) is 10.9 Å². The number of ether oxygens (including phenoxy) is 1. The molecule has 0 spiro atoms. The molecule has 168 valence electrons. The minimum absolute atomic E-state index is 0.0812. The Morgan fingerprint density at radius 1 is 1.25 bits per heavy atom. The van der Waals surface area contributed by atoms with Crippen LogP contribution >= 0.6 is 23.8 Å². The lowest BCUT2D eigenvalue weighted by atomic mass is 10.1. The highest BCUT2D eigenvalue weighted by Crippen LogP contribution is 2.24. The lowest BCUT2D eigenvalue weighted by Gasteiger charge is -2.35. The molecule has 0 radical (unpaired) electrons. The number of aromatic amines is 1. The average Bonchev–Trinajstić information content (AvgIpc) is 2.81. The lowest BCUT2D eigenvalue weighted by Crippen LogP contribution is -2.49. The van der Waals surface area contributed by atoms with E-state index in [-0.39, 0.29) is 11.5 Å². The quantitative estimate of drug-likeness (QED) is 0.437. The Morgan fingerprint density at radius 3 is 2.75 bits per heavy atom. The number of hydrogen-bond donors (Lipinski definition) is 1. The predicted molar refractivity (Wildman–Crippen MR) is 127 cm³/mol. The normalized spacial score (nSPS) is 14.2. The molecule has 32 heavy (non-hydrogen) atoms. The number of benzene rings is 1. The molecule has 0 unspecified atom stereocenters. The second-order valence-electron chi connectivity index (χ2n) is 7.58. The SMILES string of the molecule is COCCCn1c(=S)[nH]c2cc(C(=O)N3CCN(c4ncccc4Cl)CC3)ccc2c1=O. The zero-order chi connectivity index (χ0) is 22.7. The van der Waals surface area contributed by atoms with Crippen molar-refractivity contribution in [3.8, 4) is 0 Å². The summed E-state index contributed by atoms with van der Waals surface area (Å²) in [5.74, 6) is 0.656. The first-order valence-corrected chi connectivity index (χ1v) is 11.2. The molecular formula is C22H24ClN5O3S. The summed E-state index contributed by atoms with van der Waals surface area (Å²) in [5.41, 5.74) is 0.913. The number of halogens is 1. The van der Waals surface area contributed by atoms with Gasteiger partial charge >= 0.3 is 0 Å². The van der Waals surface area contributed by atoms with E-state index in [2.05, 4.69) is 14.9 Å². The number of nitrogens with zero attached hydrogens (tertiary/aromatic N) is 4. The summed E-state index contributed by atoms with van der Waals surface area (Å²) in [6.45, 7) is 3.42. The molecule has 3 aromatic rings. The van der Waals surface area contributed by atoms with Gasteiger partial charge in [0.05, 0.1) is 15.9 Å². The number of carbonyl (C=O) groups is 1. The van der Waals surface area contributed by atoms with Crippen LogP contribution in [0.5, 0.6) is 0 Å². The lowest BCUT2D eigenvalue weighted by molar-refractivity contribution is 0.0746. The number of pyridine rings is 1. The zero-order valence-electron chi connectivity index (χ0n) is 17.7. The highest BCUT2D eigenvalue weighted by molar-refractivity contribution is 7.71. The molecule has 3 heterocycles. The van der Waals surface area contributed by atoms with Gasteiger partial charge in [-0.25, -0.2) is 4.98 Å². The Kier molecular flexibility index (Phi) is 6.88. The van der Waals surface area contributed by atoms with Gasteiger partial charge in [-0.1, -0.05) is 11.6 Å². The maximum Gasteiger partial charge on any atom is 0.262 e. The van der Waals surface area contributed by atoms with Gasteiger partial charge in [-0.05, 0) is 49.0 Å². The number of nitrogens with one attached hydrogen (secondary N) is 1. The van der Waals surface area contributed by atoms with Crippen molar-refractivity contribution in [3.05, 3.63) is 62.2 Å². The first-order valence-electron chi connectivity index (χ1n) is 10.4. The summed E-state index contributed by atoms with van der Waals surface area (Å²) in [7, 11) is 1.62. The number of aromatic nitrogens is 3. The third-order valence-electron chi connectivity index (χ3n) is 5.56. The number of methoxy groups -OCH3 is 1. The van der Waals surface area contributed by atoms with Crippen LogP contribution in [0.15, 0.2) is 41.3 Å². The van der Waals surface area contributed by atoms with Crippen molar-refractivity contribution in [2.45, 2.75) is 13.0 Å². The molecule has 2 aromatic heterocycles. The van der Waals surface area contributed by atoms with Crippen molar-refractivity contribution in [2.75, 3.05) is 44.8 Å². The van der Waals surface area contributed by atoms with Gasteiger partial charge in [-0.2, -0.15) is 0 Å². The van der Waals surface area contributed by atoms with Gasteiger partial charge in [0.25, 0.3) is 11.5 Å². The van der Waals surface area contributed by atoms with Gasteiger partial charge in [-0.15, -0.1) is 0 Å². The Hall–Kier alpha value is -2.75. The van der Waals surface area contributed by atoms with Crippen LogP contribution in [-0.4, -0.2) is 65.2 Å². The van der Waals surface area contributed by atoms with E-state index in [0.717, 1.165) is 5.82 Å². The summed E-state index contributed by atoms with van der Waals surface area (Å²) in [4.78, 5) is 37.3. The topological polar surface area (TPSA) is 83.5 Å². The Labute approximate surface area is 195 Å². The van der Waals surface area contributed by atoms with Crippen molar-refractivity contribution in [1.82, 2.24) is 19.4 Å². The number of H-pyrrole nitrogens is 1. The third kappa shape index (κ3) is 4.55. The van der Waals surface area contributed by atoms with E-state index in [9.17, 15) is 9.59 Å². The molecule has 1 aliphatic heterocycles. The van der Waals surface area contributed by atoms with E-state index in [1.165, 1.54) is 4.57 Å². The Morgan fingerprint density at radius 2 is 2.03 bits per heavy atom. The van der Waals surface area contributed by atoms with Gasteiger partial charge in [0.2, 0.25) is 0 Å². The van der Waals surface area contributed by atoms with Gasteiger partial charge in [0.15, 0.2) is 4.77 Å². The first kappa shape index (κ1) is 22.4. The number of anilines is 1. The van der Waals surface area contributed by atoms with E-state index in [4.69, 9.17) is 28.6 Å². The molecule has 4 rings (SSSR count). The standard InChI is InChI=1S/C22H24ClN5O3S/c1-31-13-3-8-28-21(30)16-6-5-15(14-18(16)25-22(28)32)20(29)27-11-9-26(10-12-27)19-17(23)4-2-7-24-19/h2,4-7,14H,3,8-13H2,1H3,(H,25,32). The molecule has 0 saturated carbocycles. The van der Waals surface area contributed by atoms with Crippen LogP contribution < -0.4 is 10.5 Å². The van der Waals surface area contributed by atoms with E-state index in [1.807, 2.05) is 6.07 Å². The zero-order valence-corrected chi connectivity index (χ0v) is 19.3. The molecule has 8 nitrogen and oxygen atoms in total. The van der Waals surface area contributed by atoms with E-state index < -0.39 is 0 Å². The average molecular weight is 474 g/mol. The fourth-order valence-electron chi connectivity index (χ4n) is 3.87. The Balaban J connectivity index is 1.51. The summed E-state index contributed by atoms with van der Waals surface area (Å²) >= 11 is 11.6. The van der Waals surface area contributed by atoms with E-state index >= 15 is 0 Å². The molecule has 1 N–H and O–H groups in total. The van der Waals surface area contributed by atoms with Crippen molar-refractivity contribution in [1.29, 1.82) is 0 Å². The molecule has 1 saturated heterocycles. The van der Waals surface area contributed by atoms with Crippen molar-refractivity contribution in [2.24, 2.45) is 0 Å². The summed E-state index contributed by atoms with van der Waals surface area (Å²) in [6.07, 6.45) is 2.40. The van der Waals surface area contributed by atoms with E-state index in [1.54, 1.807) is 42.5 Å². The van der Waals surface area contributed by atoms with Crippen molar-refractivity contribution in [3.63, 3.8) is 0 Å². The first-order chi connectivity index (χ1) is 15.5. The second-order valence-corrected chi connectivity index (χ2v) is 8.38. The maximum atomic E-state index is 13.1. The van der Waals surface area contributed by atoms with Crippen molar-refractivity contribution < 1.29 is 9.53 Å². The largest absolute Gasteiger partial charge is 0.385 e. The third-order valence-corrected chi connectivity index (χ3v) is 6.18. The van der Waals surface area contributed by atoms with Gasteiger partial charge in [0.1, 0.15) is 5.82 Å². The van der Waals surface area contributed by atoms with Crippen LogP contribution in [0.2, 0.25) is 5.02 Å². The smallest absolute Gasteiger partial charge is 0.262 e. The second kappa shape index (κ2) is 9.81. The monoisotopic (exact) mass is 473 g/mol. The molecule has 0 aliphatic carbocycles. The number of fused-ring (bicyclic) bond motifs is 1. The molecule has 1 aliphatic rings. The number of hydrogen-bond acceptors (Lipinski definition) is 6. The van der Waals surface area contributed by atoms with Gasteiger partial charge < -0.3 is 19.5 Å². The minimum Gasteiger partial charge on any atom is -0.385 e. The fraction of sp³-hybridized carbons (Fsp3) is 0.364. The van der Waals surface area contributed by atoms with Crippen LogP contribution in [0, 0.1) is 4.77 Å². The molecule has 10 heteroatoms. The van der Waals surface area contributed by atoms with Crippen LogP contribution in [-0.2, 0) is 11.3 Å². The summed E-state index contributed by atoms with van der Waals surface area (Å²) in [5, 5.41) is 1.10. The van der Waals surface area contributed by atoms with Gasteiger partial charge in [-0.3, -0.25) is 14.2 Å². The fourth-order valence-corrected chi connectivity index (χ4v) is 4.40. The molecular weight excluding hydrogens is 450 g/mol.